The molecule has 6 rings (SSSR count). The second-order valence-corrected chi connectivity index (χ2v) is 15.4. The van der Waals surface area contributed by atoms with Gasteiger partial charge in [-0.1, -0.05) is 26.5 Å². The van der Waals surface area contributed by atoms with Crippen LogP contribution in [0.15, 0.2) is 30.8 Å². The number of aliphatic hydroxyl groups excluding tert-OH is 2. The first-order valence-electron chi connectivity index (χ1n) is 18.3. The summed E-state index contributed by atoms with van der Waals surface area (Å²) < 4.78 is 12.0. The highest BCUT2D eigenvalue weighted by atomic mass is 32.2. The highest BCUT2D eigenvalue weighted by molar-refractivity contribution is 7.99. The molecule has 0 unspecified atom stereocenters. The maximum atomic E-state index is 10.1. The standard InChI is InChI=1S/C41H54N4O4S/c1-8-30-25(5)36-21-39-31(9-2)24(4)35(43-39)20-37-26(6)32(41(45-37)27(7)34-16-23(3)33(42-34)19-38(30)44-36)12-10-13-48-14-11-15-50-40-18-28(47)17-29(22-46)49-40/h9,16,19-21,26,28-29,32,40,42-43,46-47H,2,8,10-15,17-18,22H2,1,3-7H3/t26-,28-,29-,32-,40-/m0/s1. The van der Waals surface area contributed by atoms with E-state index in [1.807, 2.05) is 6.08 Å². The second kappa shape index (κ2) is 16.0. The predicted molar refractivity (Wildman–Crippen MR) is 207 cm³/mol. The summed E-state index contributed by atoms with van der Waals surface area (Å²) in [5.74, 6) is 1.42. The minimum Gasteiger partial charge on any atom is -0.394 e. The van der Waals surface area contributed by atoms with Gasteiger partial charge in [-0.2, -0.15) is 0 Å². The van der Waals surface area contributed by atoms with Crippen LogP contribution in [0, 0.1) is 20.8 Å². The van der Waals surface area contributed by atoms with Crippen LogP contribution in [0.4, 0.5) is 0 Å². The van der Waals surface area contributed by atoms with Crippen molar-refractivity contribution in [1.82, 2.24) is 19.9 Å². The zero-order valence-corrected chi connectivity index (χ0v) is 31.4. The number of hydrogen-bond donors (Lipinski definition) is 4. The highest BCUT2D eigenvalue weighted by Gasteiger charge is 2.31. The lowest BCUT2D eigenvalue weighted by atomic mass is 9.86. The fourth-order valence-corrected chi connectivity index (χ4v) is 8.87. The molecule has 0 aromatic carbocycles. The van der Waals surface area contributed by atoms with Crippen LogP contribution in [-0.4, -0.2) is 73.4 Å². The van der Waals surface area contributed by atoms with E-state index in [0.717, 1.165) is 87.4 Å². The third-order valence-electron chi connectivity index (χ3n) is 10.8. The summed E-state index contributed by atoms with van der Waals surface area (Å²) in [4.78, 5) is 17.9. The fraction of sp³-hybridized carbons (Fsp3) is 0.512. The zero-order chi connectivity index (χ0) is 35.5. The Balaban J connectivity index is 1.25. The Kier molecular flexibility index (Phi) is 11.7. The Hall–Kier alpha value is -3.21. The first-order valence-corrected chi connectivity index (χ1v) is 19.3. The molecule has 1 saturated heterocycles. The Morgan fingerprint density at radius 1 is 0.960 bits per heavy atom. The maximum Gasteiger partial charge on any atom is 0.106 e. The molecule has 0 amide bonds. The van der Waals surface area contributed by atoms with Crippen LogP contribution < -0.4 is 0 Å². The number of aryl methyl sites for hydroxylation is 3. The van der Waals surface area contributed by atoms with Crippen molar-refractivity contribution in [3.05, 3.63) is 75.9 Å². The van der Waals surface area contributed by atoms with Gasteiger partial charge >= 0.3 is 0 Å². The van der Waals surface area contributed by atoms with Crippen LogP contribution in [0.5, 0.6) is 0 Å². The van der Waals surface area contributed by atoms with Crippen molar-refractivity contribution < 1.29 is 19.7 Å². The molecule has 5 atom stereocenters. The van der Waals surface area contributed by atoms with Crippen molar-refractivity contribution in [3.63, 3.8) is 0 Å². The molecule has 3 aliphatic rings. The number of nitrogens with one attached hydrogen (secondary N) is 2. The maximum absolute atomic E-state index is 10.1. The highest BCUT2D eigenvalue weighted by Crippen LogP contribution is 2.42. The summed E-state index contributed by atoms with van der Waals surface area (Å²) in [6.45, 7) is 18.7. The molecule has 6 heterocycles. The number of thioether (sulfide) groups is 1. The van der Waals surface area contributed by atoms with Gasteiger partial charge in [0.15, 0.2) is 0 Å². The molecule has 3 aliphatic heterocycles. The van der Waals surface area contributed by atoms with Crippen LogP contribution in [0.1, 0.15) is 116 Å². The molecular formula is C41H54N4O4S. The van der Waals surface area contributed by atoms with E-state index in [0.29, 0.717) is 26.1 Å². The number of aromatic nitrogens is 4. The molecule has 8 nitrogen and oxygen atoms in total. The van der Waals surface area contributed by atoms with Crippen molar-refractivity contribution in [2.45, 2.75) is 110 Å². The summed E-state index contributed by atoms with van der Waals surface area (Å²) in [5.41, 5.74) is 15.6. The van der Waals surface area contributed by atoms with Gasteiger partial charge in [0.05, 0.1) is 30.2 Å². The van der Waals surface area contributed by atoms with E-state index in [1.165, 1.54) is 22.3 Å². The van der Waals surface area contributed by atoms with E-state index < -0.39 is 6.10 Å². The largest absolute Gasteiger partial charge is 0.394 e. The smallest absolute Gasteiger partial charge is 0.106 e. The summed E-state index contributed by atoms with van der Waals surface area (Å²) in [5, 5.41) is 19.5. The Morgan fingerprint density at radius 3 is 2.46 bits per heavy atom. The van der Waals surface area contributed by atoms with Gasteiger partial charge in [-0.05, 0) is 111 Å². The van der Waals surface area contributed by atoms with Crippen molar-refractivity contribution >= 4 is 51.1 Å². The molecule has 9 heteroatoms. The molecule has 0 radical (unpaired) electrons. The number of H-pyrrole nitrogens is 2. The van der Waals surface area contributed by atoms with Crippen molar-refractivity contribution in [1.29, 1.82) is 0 Å². The van der Waals surface area contributed by atoms with Crippen molar-refractivity contribution in [3.8, 4) is 0 Å². The van der Waals surface area contributed by atoms with Gasteiger partial charge in [0, 0.05) is 76.9 Å². The van der Waals surface area contributed by atoms with E-state index in [1.54, 1.807) is 11.8 Å². The minimum atomic E-state index is -0.401. The average molecular weight is 699 g/mol. The van der Waals surface area contributed by atoms with Gasteiger partial charge in [-0.25, -0.2) is 4.98 Å². The van der Waals surface area contributed by atoms with Crippen LogP contribution >= 0.6 is 11.8 Å². The van der Waals surface area contributed by atoms with Crippen molar-refractivity contribution in [2.75, 3.05) is 25.6 Å². The monoisotopic (exact) mass is 698 g/mol. The third kappa shape index (κ3) is 7.67. The summed E-state index contributed by atoms with van der Waals surface area (Å²) in [6.07, 6.45) is 6.17. The SMILES string of the molecule is C=Cc1c(C)c2cc3nc(c(C)c4cc(C)c(cc5nc(cc1[nH]2)C(C)=C5CC)[nH]4)[C@@H](CCCOCCCS[C@H]1C[C@@H](O)C[C@@H](CO)O1)[C@@H]3C. The van der Waals surface area contributed by atoms with E-state index >= 15 is 0 Å². The number of aromatic amines is 2. The molecule has 3 aromatic heterocycles. The fourth-order valence-electron chi connectivity index (χ4n) is 7.73. The predicted octanol–water partition coefficient (Wildman–Crippen LogP) is 8.89. The van der Waals surface area contributed by atoms with E-state index in [2.05, 4.69) is 82.4 Å². The van der Waals surface area contributed by atoms with Gasteiger partial charge in [0.1, 0.15) is 5.44 Å². The molecular weight excluding hydrogens is 645 g/mol. The summed E-state index contributed by atoms with van der Waals surface area (Å²) in [7, 11) is 0. The van der Waals surface area contributed by atoms with Gasteiger partial charge < -0.3 is 29.7 Å². The van der Waals surface area contributed by atoms with Gasteiger partial charge in [0.25, 0.3) is 0 Å². The van der Waals surface area contributed by atoms with Gasteiger partial charge in [0.2, 0.25) is 0 Å². The number of allylic oxidation sites excluding steroid dienone is 2. The van der Waals surface area contributed by atoms with E-state index in [-0.39, 0.29) is 30.0 Å². The van der Waals surface area contributed by atoms with Gasteiger partial charge in [-0.3, -0.25) is 4.98 Å². The quantitative estimate of drug-likeness (QED) is 0.140. The molecule has 0 spiro atoms. The second-order valence-electron chi connectivity index (χ2n) is 14.2. The van der Waals surface area contributed by atoms with Crippen LogP contribution in [-0.2, 0) is 9.47 Å². The zero-order valence-electron chi connectivity index (χ0n) is 30.6. The van der Waals surface area contributed by atoms with Crippen molar-refractivity contribution in [2.24, 2.45) is 0 Å². The number of hydrogen-bond acceptors (Lipinski definition) is 7. The van der Waals surface area contributed by atoms with Crippen LogP contribution in [0.2, 0.25) is 0 Å². The Labute approximate surface area is 300 Å². The number of aliphatic hydroxyl groups is 2. The summed E-state index contributed by atoms with van der Waals surface area (Å²) >= 11 is 1.70. The lowest BCUT2D eigenvalue weighted by Gasteiger charge is -2.31. The number of rotatable bonds is 12. The lowest BCUT2D eigenvalue weighted by molar-refractivity contribution is -0.0783. The third-order valence-corrected chi connectivity index (χ3v) is 12.0. The lowest BCUT2D eigenvalue weighted by Crippen LogP contribution is -2.36. The Bertz CT molecular complexity index is 1910. The molecule has 1 fully saturated rings. The molecule has 0 saturated carbocycles. The number of nitrogens with zero attached hydrogens (tertiary/aromatic N) is 2. The molecule has 268 valence electrons. The van der Waals surface area contributed by atoms with Gasteiger partial charge in [-0.15, -0.1) is 11.8 Å². The summed E-state index contributed by atoms with van der Waals surface area (Å²) in [6, 6.07) is 8.86. The minimum absolute atomic E-state index is 0.0449. The molecule has 8 bridgehead atoms. The Morgan fingerprint density at radius 2 is 1.70 bits per heavy atom. The normalized spacial score (nSPS) is 22.4. The first kappa shape index (κ1) is 36.6. The first-order chi connectivity index (χ1) is 24.1. The van der Waals surface area contributed by atoms with E-state index in [4.69, 9.17) is 19.4 Å². The molecule has 0 aliphatic carbocycles. The number of ether oxygens (including phenoxy) is 2. The topological polar surface area (TPSA) is 116 Å². The number of fused-ring (bicyclic) bond motifs is 8. The van der Waals surface area contributed by atoms with E-state index in [9.17, 15) is 10.2 Å². The average Bonchev–Trinajstić information content (AvgIpc) is 3.80. The molecule has 50 heavy (non-hydrogen) atoms. The molecule has 4 N–H and O–H groups in total. The van der Waals surface area contributed by atoms with Crippen LogP contribution in [0.25, 0.3) is 39.3 Å². The van der Waals surface area contributed by atoms with Crippen LogP contribution in [0.3, 0.4) is 0 Å². The molecule has 3 aromatic rings.